The number of hydrogen-bond donors (Lipinski definition) is 4. The lowest BCUT2D eigenvalue weighted by Crippen LogP contribution is -2.41. The average molecular weight is 204 g/mol. The van der Waals surface area contributed by atoms with Gasteiger partial charge in [0.25, 0.3) is 0 Å². The van der Waals surface area contributed by atoms with E-state index in [0.717, 1.165) is 6.42 Å². The van der Waals surface area contributed by atoms with Crippen molar-refractivity contribution in [3.63, 3.8) is 0 Å². The van der Waals surface area contributed by atoms with Crippen molar-refractivity contribution in [2.24, 2.45) is 0 Å². The molecule has 0 aliphatic carbocycles. The molecule has 0 amide bonds. The maximum Gasteiger partial charge on any atom is 0.317 e. The molecule has 0 rings (SSSR count). The molecule has 6 heteroatoms. The second kappa shape index (κ2) is 7.28. The van der Waals surface area contributed by atoms with Crippen LogP contribution in [-0.4, -0.2) is 47.8 Å². The SMILES string of the molecule is CCC(CNCC(=O)O)NCC(=O)O. The molecule has 0 saturated heterocycles. The molecule has 0 aliphatic rings. The quantitative estimate of drug-likeness (QED) is 0.409. The fraction of sp³-hybridized carbons (Fsp3) is 0.750. The number of carbonyl (C=O) groups is 2. The van der Waals surface area contributed by atoms with Gasteiger partial charge in [-0.3, -0.25) is 9.59 Å². The summed E-state index contributed by atoms with van der Waals surface area (Å²) in [4.78, 5) is 20.4. The minimum absolute atomic E-state index is 0.00884. The summed E-state index contributed by atoms with van der Waals surface area (Å²) in [5.74, 6) is -1.83. The Morgan fingerprint density at radius 3 is 2.21 bits per heavy atom. The Balaban J connectivity index is 3.57. The van der Waals surface area contributed by atoms with Crippen LogP contribution in [0.2, 0.25) is 0 Å². The Kier molecular flexibility index (Phi) is 6.69. The van der Waals surface area contributed by atoms with Crippen molar-refractivity contribution >= 4 is 11.9 Å². The third-order valence-electron chi connectivity index (χ3n) is 1.70. The van der Waals surface area contributed by atoms with Crippen LogP contribution in [0.25, 0.3) is 0 Å². The molecule has 14 heavy (non-hydrogen) atoms. The van der Waals surface area contributed by atoms with Crippen LogP contribution in [-0.2, 0) is 9.59 Å². The molecule has 0 fully saturated rings. The smallest absolute Gasteiger partial charge is 0.317 e. The van der Waals surface area contributed by atoms with E-state index in [-0.39, 0.29) is 19.1 Å². The number of rotatable bonds is 8. The average Bonchev–Trinajstić information content (AvgIpc) is 2.10. The van der Waals surface area contributed by atoms with E-state index in [1.54, 1.807) is 0 Å². The largest absolute Gasteiger partial charge is 0.480 e. The molecule has 0 aromatic rings. The first-order valence-electron chi connectivity index (χ1n) is 4.44. The molecule has 0 bridgehead atoms. The highest BCUT2D eigenvalue weighted by molar-refractivity contribution is 5.69. The summed E-state index contributed by atoms with van der Waals surface area (Å²) in [7, 11) is 0. The Morgan fingerprint density at radius 1 is 1.21 bits per heavy atom. The summed E-state index contributed by atoms with van der Waals surface area (Å²) in [6, 6.07) is -0.00884. The zero-order valence-corrected chi connectivity index (χ0v) is 8.12. The summed E-state index contributed by atoms with van der Waals surface area (Å²) in [6.45, 7) is 2.15. The van der Waals surface area contributed by atoms with E-state index in [2.05, 4.69) is 10.6 Å². The summed E-state index contributed by atoms with van der Waals surface area (Å²) in [5.41, 5.74) is 0. The number of carboxylic acids is 2. The van der Waals surface area contributed by atoms with Crippen molar-refractivity contribution in [2.75, 3.05) is 19.6 Å². The number of hydrogen-bond acceptors (Lipinski definition) is 4. The maximum atomic E-state index is 10.2. The van der Waals surface area contributed by atoms with Crippen molar-refractivity contribution in [1.82, 2.24) is 10.6 Å². The molecule has 0 aromatic carbocycles. The van der Waals surface area contributed by atoms with E-state index in [0.29, 0.717) is 6.54 Å². The lowest BCUT2D eigenvalue weighted by atomic mass is 10.2. The number of carboxylic acid groups (broad SMARTS) is 2. The summed E-state index contributed by atoms with van der Waals surface area (Å²) < 4.78 is 0. The van der Waals surface area contributed by atoms with Gasteiger partial charge >= 0.3 is 11.9 Å². The third-order valence-corrected chi connectivity index (χ3v) is 1.70. The lowest BCUT2D eigenvalue weighted by molar-refractivity contribution is -0.137. The van der Waals surface area contributed by atoms with Crippen molar-refractivity contribution < 1.29 is 19.8 Å². The summed E-state index contributed by atoms with van der Waals surface area (Å²) in [5, 5.41) is 22.2. The normalized spacial score (nSPS) is 12.4. The fourth-order valence-electron chi connectivity index (χ4n) is 0.946. The van der Waals surface area contributed by atoms with Gasteiger partial charge in [0.1, 0.15) is 0 Å². The first-order valence-corrected chi connectivity index (χ1v) is 4.44. The minimum atomic E-state index is -0.918. The topological polar surface area (TPSA) is 98.7 Å². The van der Waals surface area contributed by atoms with Crippen molar-refractivity contribution in [1.29, 1.82) is 0 Å². The zero-order chi connectivity index (χ0) is 11.0. The molecule has 0 spiro atoms. The van der Waals surface area contributed by atoms with Gasteiger partial charge in [-0.15, -0.1) is 0 Å². The van der Waals surface area contributed by atoms with Gasteiger partial charge in [-0.05, 0) is 6.42 Å². The second-order valence-electron chi connectivity index (χ2n) is 2.90. The Morgan fingerprint density at radius 2 is 1.79 bits per heavy atom. The Hall–Kier alpha value is -1.14. The van der Waals surface area contributed by atoms with Crippen molar-refractivity contribution in [3.05, 3.63) is 0 Å². The van der Waals surface area contributed by atoms with E-state index in [1.807, 2.05) is 6.92 Å². The van der Waals surface area contributed by atoms with E-state index in [4.69, 9.17) is 10.2 Å². The van der Waals surface area contributed by atoms with Gasteiger partial charge < -0.3 is 20.8 Å². The van der Waals surface area contributed by atoms with Crippen LogP contribution >= 0.6 is 0 Å². The van der Waals surface area contributed by atoms with Gasteiger partial charge in [-0.1, -0.05) is 6.92 Å². The highest BCUT2D eigenvalue weighted by Crippen LogP contribution is 1.87. The monoisotopic (exact) mass is 204 g/mol. The summed E-state index contributed by atoms with van der Waals surface area (Å²) >= 11 is 0. The van der Waals surface area contributed by atoms with Crippen LogP contribution in [0, 0.1) is 0 Å². The third kappa shape index (κ3) is 7.51. The van der Waals surface area contributed by atoms with E-state index >= 15 is 0 Å². The molecule has 4 N–H and O–H groups in total. The molecule has 1 atom stereocenters. The molecule has 6 nitrogen and oxygen atoms in total. The minimum Gasteiger partial charge on any atom is -0.480 e. The second-order valence-corrected chi connectivity index (χ2v) is 2.90. The molecule has 0 aromatic heterocycles. The van der Waals surface area contributed by atoms with Crippen LogP contribution in [0.1, 0.15) is 13.3 Å². The lowest BCUT2D eigenvalue weighted by Gasteiger charge is -2.15. The van der Waals surface area contributed by atoms with E-state index in [9.17, 15) is 9.59 Å². The number of nitrogens with one attached hydrogen (secondary N) is 2. The molecule has 82 valence electrons. The van der Waals surface area contributed by atoms with E-state index < -0.39 is 11.9 Å². The standard InChI is InChI=1S/C8H16N2O4/c1-2-6(10-5-8(13)14)3-9-4-7(11)12/h6,9-10H,2-5H2,1H3,(H,11,12)(H,13,14). The zero-order valence-electron chi connectivity index (χ0n) is 8.12. The van der Waals surface area contributed by atoms with Gasteiger partial charge in [0.15, 0.2) is 0 Å². The van der Waals surface area contributed by atoms with Crippen LogP contribution in [0.3, 0.4) is 0 Å². The Labute approximate surface area is 82.3 Å². The predicted molar refractivity (Wildman–Crippen MR) is 50.2 cm³/mol. The van der Waals surface area contributed by atoms with Gasteiger partial charge in [0.05, 0.1) is 13.1 Å². The van der Waals surface area contributed by atoms with Gasteiger partial charge in [-0.2, -0.15) is 0 Å². The Bertz CT molecular complexity index is 196. The predicted octanol–water partition coefficient (Wildman–Crippen LogP) is -0.887. The number of aliphatic carboxylic acids is 2. The van der Waals surface area contributed by atoms with Crippen molar-refractivity contribution in [2.45, 2.75) is 19.4 Å². The molecule has 0 aliphatic heterocycles. The molecule has 1 unspecified atom stereocenters. The van der Waals surface area contributed by atoms with Gasteiger partial charge in [0, 0.05) is 12.6 Å². The molecular weight excluding hydrogens is 188 g/mol. The molecule has 0 radical (unpaired) electrons. The highest BCUT2D eigenvalue weighted by Gasteiger charge is 2.07. The van der Waals surface area contributed by atoms with E-state index in [1.165, 1.54) is 0 Å². The maximum absolute atomic E-state index is 10.2. The van der Waals surface area contributed by atoms with Crippen molar-refractivity contribution in [3.8, 4) is 0 Å². The molecular formula is C8H16N2O4. The fourth-order valence-corrected chi connectivity index (χ4v) is 0.946. The van der Waals surface area contributed by atoms with Crippen LogP contribution in [0.5, 0.6) is 0 Å². The first-order chi connectivity index (χ1) is 6.56. The van der Waals surface area contributed by atoms with Gasteiger partial charge in [-0.25, -0.2) is 0 Å². The van der Waals surface area contributed by atoms with Crippen LogP contribution < -0.4 is 10.6 Å². The first kappa shape index (κ1) is 12.9. The summed E-state index contributed by atoms with van der Waals surface area (Å²) in [6.07, 6.45) is 0.750. The highest BCUT2D eigenvalue weighted by atomic mass is 16.4. The van der Waals surface area contributed by atoms with Crippen LogP contribution in [0.4, 0.5) is 0 Å². The van der Waals surface area contributed by atoms with Gasteiger partial charge in [0.2, 0.25) is 0 Å². The molecule has 0 saturated carbocycles. The molecule has 0 heterocycles. The van der Waals surface area contributed by atoms with Crippen LogP contribution in [0.15, 0.2) is 0 Å².